The molecular formula is C17H24N6S. The van der Waals surface area contributed by atoms with E-state index >= 15 is 0 Å². The highest BCUT2D eigenvalue weighted by Gasteiger charge is 2.25. The topological polar surface area (TPSA) is 58.3 Å². The van der Waals surface area contributed by atoms with Crippen LogP contribution in [0.25, 0.3) is 0 Å². The quantitative estimate of drug-likeness (QED) is 0.511. The van der Waals surface area contributed by atoms with Gasteiger partial charge in [-0.3, -0.25) is 4.99 Å². The second kappa shape index (κ2) is 8.19. The van der Waals surface area contributed by atoms with Crippen LogP contribution in [0.4, 0.5) is 0 Å². The number of guanidine groups is 1. The molecule has 6 nitrogen and oxygen atoms in total. The van der Waals surface area contributed by atoms with Crippen molar-refractivity contribution in [1.82, 2.24) is 25.0 Å². The SMILES string of the molecule is CN=C(NCc1nncn1C)N1CCC(CSc2ccccc2)C1. The molecule has 2 heterocycles. The summed E-state index contributed by atoms with van der Waals surface area (Å²) in [6.07, 6.45) is 2.93. The van der Waals surface area contributed by atoms with Crippen molar-refractivity contribution in [3.63, 3.8) is 0 Å². The Morgan fingerprint density at radius 3 is 2.92 bits per heavy atom. The first kappa shape index (κ1) is 16.8. The fourth-order valence-electron chi connectivity index (χ4n) is 2.85. The van der Waals surface area contributed by atoms with Crippen molar-refractivity contribution < 1.29 is 0 Å². The van der Waals surface area contributed by atoms with Gasteiger partial charge in [-0.15, -0.1) is 22.0 Å². The predicted octanol–water partition coefficient (Wildman–Crippen LogP) is 2.00. The molecule has 7 heteroatoms. The first-order chi connectivity index (χ1) is 11.8. The first-order valence-electron chi connectivity index (χ1n) is 8.22. The Hall–Kier alpha value is -2.02. The minimum Gasteiger partial charge on any atom is -0.349 e. The number of nitrogens with one attached hydrogen (secondary N) is 1. The van der Waals surface area contributed by atoms with Gasteiger partial charge in [0.05, 0.1) is 6.54 Å². The number of thioether (sulfide) groups is 1. The van der Waals surface area contributed by atoms with Gasteiger partial charge in [0.15, 0.2) is 11.8 Å². The molecule has 1 atom stereocenters. The highest BCUT2D eigenvalue weighted by Crippen LogP contribution is 2.25. The van der Waals surface area contributed by atoms with Crippen LogP contribution in [0.5, 0.6) is 0 Å². The van der Waals surface area contributed by atoms with Crippen molar-refractivity contribution in [1.29, 1.82) is 0 Å². The Balaban J connectivity index is 1.47. The third kappa shape index (κ3) is 4.29. The van der Waals surface area contributed by atoms with Crippen molar-refractivity contribution in [2.24, 2.45) is 18.0 Å². The summed E-state index contributed by atoms with van der Waals surface area (Å²) in [6.45, 7) is 2.75. The number of aromatic nitrogens is 3. The van der Waals surface area contributed by atoms with E-state index in [0.717, 1.165) is 30.6 Å². The maximum atomic E-state index is 4.42. The number of nitrogens with zero attached hydrogens (tertiary/aromatic N) is 5. The Morgan fingerprint density at radius 1 is 1.38 bits per heavy atom. The third-order valence-corrected chi connectivity index (χ3v) is 5.48. The van der Waals surface area contributed by atoms with Crippen LogP contribution >= 0.6 is 11.8 Å². The zero-order valence-corrected chi connectivity index (χ0v) is 15.0. The molecule has 0 spiro atoms. The van der Waals surface area contributed by atoms with E-state index in [0.29, 0.717) is 12.5 Å². The molecule has 2 aromatic rings. The van der Waals surface area contributed by atoms with Gasteiger partial charge in [0, 0.05) is 37.8 Å². The average molecular weight is 344 g/mol. The molecule has 1 fully saturated rings. The molecule has 1 aliphatic rings. The van der Waals surface area contributed by atoms with E-state index in [1.165, 1.54) is 11.3 Å². The number of aryl methyl sites for hydroxylation is 1. The summed E-state index contributed by atoms with van der Waals surface area (Å²) in [7, 11) is 3.79. The molecule has 0 bridgehead atoms. The summed E-state index contributed by atoms with van der Waals surface area (Å²) in [5.74, 6) is 3.71. The summed E-state index contributed by atoms with van der Waals surface area (Å²) in [6, 6.07) is 10.6. The molecule has 24 heavy (non-hydrogen) atoms. The van der Waals surface area contributed by atoms with Gasteiger partial charge in [0.2, 0.25) is 0 Å². The lowest BCUT2D eigenvalue weighted by Gasteiger charge is -2.21. The van der Waals surface area contributed by atoms with Gasteiger partial charge in [-0.1, -0.05) is 18.2 Å². The van der Waals surface area contributed by atoms with E-state index in [2.05, 4.69) is 55.7 Å². The zero-order valence-electron chi connectivity index (χ0n) is 14.2. The third-order valence-electron chi connectivity index (χ3n) is 4.24. The summed E-state index contributed by atoms with van der Waals surface area (Å²) in [5.41, 5.74) is 0. The van der Waals surface area contributed by atoms with E-state index in [1.54, 1.807) is 6.33 Å². The molecule has 128 valence electrons. The van der Waals surface area contributed by atoms with E-state index in [1.807, 2.05) is 30.4 Å². The van der Waals surface area contributed by atoms with E-state index < -0.39 is 0 Å². The Bertz CT molecular complexity index is 669. The second-order valence-electron chi connectivity index (χ2n) is 5.98. The van der Waals surface area contributed by atoms with Crippen LogP contribution in [0.1, 0.15) is 12.2 Å². The Kier molecular flexibility index (Phi) is 5.74. The normalized spacial score (nSPS) is 18.2. The fourth-order valence-corrected chi connectivity index (χ4v) is 3.90. The number of aliphatic imine (C=N–C) groups is 1. The van der Waals surface area contributed by atoms with Crippen molar-refractivity contribution in [3.05, 3.63) is 42.5 Å². The predicted molar refractivity (Wildman–Crippen MR) is 98.0 cm³/mol. The molecule has 0 radical (unpaired) electrons. The van der Waals surface area contributed by atoms with Gasteiger partial charge < -0.3 is 14.8 Å². The molecule has 0 saturated carbocycles. The van der Waals surface area contributed by atoms with E-state index in [-0.39, 0.29) is 0 Å². The summed E-state index contributed by atoms with van der Waals surface area (Å²) < 4.78 is 1.92. The maximum Gasteiger partial charge on any atom is 0.194 e. The molecule has 0 aliphatic carbocycles. The van der Waals surface area contributed by atoms with Gasteiger partial charge >= 0.3 is 0 Å². The van der Waals surface area contributed by atoms with Crippen molar-refractivity contribution in [2.75, 3.05) is 25.9 Å². The van der Waals surface area contributed by atoms with Crippen molar-refractivity contribution in [2.45, 2.75) is 17.9 Å². The van der Waals surface area contributed by atoms with Crippen molar-refractivity contribution >= 4 is 17.7 Å². The lowest BCUT2D eigenvalue weighted by Crippen LogP contribution is -2.40. The molecule has 1 aromatic carbocycles. The first-order valence-corrected chi connectivity index (χ1v) is 9.21. The van der Waals surface area contributed by atoms with Gasteiger partial charge in [0.25, 0.3) is 0 Å². The van der Waals surface area contributed by atoms with Crippen LogP contribution in [-0.4, -0.2) is 51.5 Å². The van der Waals surface area contributed by atoms with Gasteiger partial charge in [0.1, 0.15) is 6.33 Å². The number of hydrogen-bond acceptors (Lipinski definition) is 4. The van der Waals surface area contributed by atoms with Crippen LogP contribution in [0.2, 0.25) is 0 Å². The highest BCUT2D eigenvalue weighted by molar-refractivity contribution is 7.99. The molecule has 1 unspecified atom stereocenters. The highest BCUT2D eigenvalue weighted by atomic mass is 32.2. The van der Waals surface area contributed by atoms with Crippen molar-refractivity contribution in [3.8, 4) is 0 Å². The lowest BCUT2D eigenvalue weighted by atomic mass is 10.2. The minimum atomic E-state index is 0.642. The van der Waals surface area contributed by atoms with Gasteiger partial charge in [-0.25, -0.2) is 0 Å². The molecule has 0 amide bonds. The van der Waals surface area contributed by atoms with Gasteiger partial charge in [-0.05, 0) is 24.5 Å². The summed E-state index contributed by atoms with van der Waals surface area (Å²) in [4.78, 5) is 8.11. The van der Waals surface area contributed by atoms with Crippen LogP contribution in [0.15, 0.2) is 46.5 Å². The smallest absolute Gasteiger partial charge is 0.194 e. The van der Waals surface area contributed by atoms with Gasteiger partial charge in [-0.2, -0.15) is 0 Å². The summed E-state index contributed by atoms with van der Waals surface area (Å²) >= 11 is 1.94. The van der Waals surface area contributed by atoms with E-state index in [9.17, 15) is 0 Å². The van der Waals surface area contributed by atoms with Crippen LogP contribution < -0.4 is 5.32 Å². The zero-order chi connectivity index (χ0) is 16.8. The van der Waals surface area contributed by atoms with Crippen LogP contribution in [-0.2, 0) is 13.6 Å². The Labute approximate surface area is 147 Å². The molecule has 3 rings (SSSR count). The average Bonchev–Trinajstić information content (AvgIpc) is 3.24. The molecule has 1 saturated heterocycles. The molecular weight excluding hydrogens is 320 g/mol. The van der Waals surface area contributed by atoms with Crippen LogP contribution in [0.3, 0.4) is 0 Å². The standard InChI is InChI=1S/C17H24N6S/c1-18-17(19-10-16-21-20-13-22(16)2)23-9-8-14(11-23)12-24-15-6-4-3-5-7-15/h3-7,13-14H,8-12H2,1-2H3,(H,18,19). The number of rotatable bonds is 5. The van der Waals surface area contributed by atoms with Crippen LogP contribution in [0, 0.1) is 5.92 Å². The largest absolute Gasteiger partial charge is 0.349 e. The minimum absolute atomic E-state index is 0.642. The summed E-state index contributed by atoms with van der Waals surface area (Å²) in [5, 5.41) is 11.4. The van der Waals surface area contributed by atoms with E-state index in [4.69, 9.17) is 0 Å². The fraction of sp³-hybridized carbons (Fsp3) is 0.471. The second-order valence-corrected chi connectivity index (χ2v) is 7.08. The lowest BCUT2D eigenvalue weighted by molar-refractivity contribution is 0.472. The number of likely N-dealkylation sites (tertiary alicyclic amines) is 1. The maximum absolute atomic E-state index is 4.42. The monoisotopic (exact) mass is 344 g/mol. The number of hydrogen-bond donors (Lipinski definition) is 1. The number of benzene rings is 1. The molecule has 1 aliphatic heterocycles. The molecule has 1 N–H and O–H groups in total. The Morgan fingerprint density at radius 2 is 2.21 bits per heavy atom. The molecule has 1 aromatic heterocycles.